The fraction of sp³-hybridized carbons (Fsp3) is 0.860. The van der Waals surface area contributed by atoms with E-state index in [0.717, 1.165) is 42.3 Å². The van der Waals surface area contributed by atoms with Gasteiger partial charge in [-0.1, -0.05) is 176 Å². The highest BCUT2D eigenvalue weighted by atomic mass is 32.7. The molecule has 0 fully saturated rings. The van der Waals surface area contributed by atoms with Crippen LogP contribution < -0.4 is 16.6 Å². The standard InChI is InChI=1S/C37H73N4OPS.C6H14S/c1-6-8-10-11-12-13-14-15-16-17-18-19-20-21-22-23-27-40(32-44-43(42)30-34(5)28-33(3)4)31-41(39)37-26-25-35(24-9-7-2)29-36(37)38;1-5(2)4-6(3)7/h25-26,29,33-34,42H,6-24,27-28,30-32,38-39H2,1-5H3;5-7H,4H2,1-3H3. The van der Waals surface area contributed by atoms with Crippen LogP contribution in [0.3, 0.4) is 0 Å². The molecule has 0 aliphatic rings. The lowest BCUT2D eigenvalue weighted by Gasteiger charge is -2.30. The molecule has 1 rings (SSSR count). The van der Waals surface area contributed by atoms with Crippen molar-refractivity contribution in [3.05, 3.63) is 23.8 Å². The van der Waals surface area contributed by atoms with Crippen molar-refractivity contribution in [3.8, 4) is 0 Å². The number of hydrazine groups is 1. The molecule has 0 saturated heterocycles. The zero-order chi connectivity index (χ0) is 38.3. The minimum absolute atomic E-state index is 0.560. The number of nitrogens with two attached hydrogens (primary N) is 2. The zero-order valence-corrected chi connectivity index (χ0v) is 37.6. The number of aryl methyl sites for hydroxylation is 1. The predicted molar refractivity (Wildman–Crippen MR) is 240 cm³/mol. The van der Waals surface area contributed by atoms with Crippen LogP contribution in [0.25, 0.3) is 0 Å². The smallest absolute Gasteiger partial charge is 0.0868 e. The number of hydrogen-bond donors (Lipinski definition) is 4. The number of unbranched alkanes of at least 4 members (excludes halogenated alkanes) is 16. The number of thiol groups is 1. The molecule has 51 heavy (non-hydrogen) atoms. The lowest BCUT2D eigenvalue weighted by molar-refractivity contribution is 0.310. The van der Waals surface area contributed by atoms with Crippen LogP contribution in [-0.2, 0) is 6.42 Å². The van der Waals surface area contributed by atoms with Crippen LogP contribution in [0.5, 0.6) is 0 Å². The van der Waals surface area contributed by atoms with E-state index in [9.17, 15) is 4.89 Å². The maximum atomic E-state index is 10.8. The summed E-state index contributed by atoms with van der Waals surface area (Å²) in [6.07, 6.45) is 28.8. The number of hydrogen-bond acceptors (Lipinski definition) is 7. The lowest BCUT2D eigenvalue weighted by Crippen LogP contribution is -2.43. The minimum atomic E-state index is -1.03. The van der Waals surface area contributed by atoms with E-state index in [-0.39, 0.29) is 0 Å². The fourth-order valence-electron chi connectivity index (χ4n) is 6.78. The molecule has 5 nitrogen and oxygen atoms in total. The minimum Gasteiger partial charge on any atom is -0.397 e. The van der Waals surface area contributed by atoms with Crippen molar-refractivity contribution in [2.24, 2.45) is 23.6 Å². The molecule has 1 aromatic rings. The van der Waals surface area contributed by atoms with Crippen LogP contribution in [0.1, 0.15) is 189 Å². The van der Waals surface area contributed by atoms with Gasteiger partial charge in [-0.3, -0.25) is 9.91 Å². The molecule has 0 aromatic heterocycles. The van der Waals surface area contributed by atoms with Gasteiger partial charge in [0.25, 0.3) is 0 Å². The van der Waals surface area contributed by atoms with Gasteiger partial charge in [0.2, 0.25) is 0 Å². The number of nitrogen functional groups attached to an aromatic ring is 1. The third-order valence-corrected chi connectivity index (χ3v) is 13.1. The van der Waals surface area contributed by atoms with Crippen molar-refractivity contribution in [2.45, 2.75) is 195 Å². The van der Waals surface area contributed by atoms with E-state index in [1.807, 2.05) is 0 Å². The first kappa shape index (κ1) is 50.8. The van der Waals surface area contributed by atoms with Crippen LogP contribution >= 0.6 is 31.4 Å². The van der Waals surface area contributed by atoms with Gasteiger partial charge in [0, 0.05) is 12.7 Å². The highest BCUT2D eigenvalue weighted by Crippen LogP contribution is 2.48. The van der Waals surface area contributed by atoms with E-state index in [1.54, 1.807) is 16.4 Å². The van der Waals surface area contributed by atoms with E-state index in [2.05, 4.69) is 91.1 Å². The maximum Gasteiger partial charge on any atom is 0.0868 e. The van der Waals surface area contributed by atoms with Crippen molar-refractivity contribution >= 4 is 42.7 Å². The summed E-state index contributed by atoms with van der Waals surface area (Å²) in [4.78, 5) is 13.2. The molecule has 302 valence electrons. The summed E-state index contributed by atoms with van der Waals surface area (Å²) >= 11 is 5.95. The first-order valence-corrected chi connectivity index (χ1v) is 24.9. The number of nitrogens with zero attached hydrogens (tertiary/aromatic N) is 2. The van der Waals surface area contributed by atoms with Crippen molar-refractivity contribution in [1.29, 1.82) is 0 Å². The molecule has 0 amide bonds. The predicted octanol–water partition coefficient (Wildman–Crippen LogP) is 13.8. The van der Waals surface area contributed by atoms with Gasteiger partial charge < -0.3 is 10.6 Å². The molecule has 1 aromatic carbocycles. The fourth-order valence-corrected chi connectivity index (χ4v) is 10.5. The molecule has 3 atom stereocenters. The third kappa shape index (κ3) is 31.8. The highest BCUT2D eigenvalue weighted by molar-refractivity contribution is 8.54. The SMILES string of the molecule is CC(C)CC(C)S.CCCCCCCCCCCCCCCCCCN(CSP(O)CC(C)CC(C)C)CN(N)c1ccc(CCCC)cc1N. The van der Waals surface area contributed by atoms with Gasteiger partial charge in [0.05, 0.1) is 31.3 Å². The second-order valence-electron chi connectivity index (χ2n) is 16.3. The number of anilines is 2. The molecule has 0 saturated carbocycles. The maximum absolute atomic E-state index is 10.8. The summed E-state index contributed by atoms with van der Waals surface area (Å²) < 4.78 is 0. The second kappa shape index (κ2) is 34.3. The van der Waals surface area contributed by atoms with E-state index in [1.165, 1.54) is 134 Å². The summed E-state index contributed by atoms with van der Waals surface area (Å²) in [5.41, 5.74) is 9.37. The molecule has 0 spiro atoms. The molecule has 0 aliphatic carbocycles. The Hall–Kier alpha value is -0.170. The van der Waals surface area contributed by atoms with Crippen molar-refractivity contribution < 1.29 is 4.89 Å². The molecular formula is C43H87N4OPS2. The Labute approximate surface area is 330 Å². The quantitative estimate of drug-likeness (QED) is 0.0111. The lowest BCUT2D eigenvalue weighted by atomic mass is 10.0. The Bertz CT molecular complexity index is 901. The molecule has 8 heteroatoms. The van der Waals surface area contributed by atoms with E-state index in [4.69, 9.17) is 11.6 Å². The van der Waals surface area contributed by atoms with Gasteiger partial charge in [-0.05, 0) is 72.8 Å². The summed E-state index contributed by atoms with van der Waals surface area (Å²) in [5, 5.41) is 2.37. The highest BCUT2D eigenvalue weighted by Gasteiger charge is 2.17. The number of rotatable bonds is 32. The van der Waals surface area contributed by atoms with E-state index in [0.29, 0.717) is 23.8 Å². The average molecular weight is 771 g/mol. The summed E-state index contributed by atoms with van der Waals surface area (Å²) in [6, 6.07) is 6.33. The van der Waals surface area contributed by atoms with Crippen molar-refractivity contribution in [3.63, 3.8) is 0 Å². The molecular weight excluding hydrogens is 684 g/mol. The van der Waals surface area contributed by atoms with E-state index < -0.39 is 7.35 Å². The molecule has 5 N–H and O–H groups in total. The van der Waals surface area contributed by atoms with Crippen LogP contribution in [0, 0.1) is 17.8 Å². The Kier molecular flexibility index (Phi) is 34.2. The van der Waals surface area contributed by atoms with Crippen molar-refractivity contribution in [2.75, 3.05) is 36.0 Å². The van der Waals surface area contributed by atoms with Gasteiger partial charge in [-0.15, -0.1) is 0 Å². The Morgan fingerprint density at radius 2 is 1.22 bits per heavy atom. The van der Waals surface area contributed by atoms with Crippen LogP contribution in [0.15, 0.2) is 18.2 Å². The normalized spacial score (nSPS) is 13.5. The first-order valence-electron chi connectivity index (χ1n) is 21.3. The van der Waals surface area contributed by atoms with Gasteiger partial charge in [0.15, 0.2) is 0 Å². The van der Waals surface area contributed by atoms with Crippen molar-refractivity contribution in [1.82, 2.24) is 4.90 Å². The topological polar surface area (TPSA) is 78.8 Å². The Morgan fingerprint density at radius 1 is 0.725 bits per heavy atom. The third-order valence-electron chi connectivity index (χ3n) is 9.44. The van der Waals surface area contributed by atoms with Crippen LogP contribution in [0.4, 0.5) is 11.4 Å². The zero-order valence-electron chi connectivity index (χ0n) is 35.0. The molecule has 0 aliphatic heterocycles. The first-order chi connectivity index (χ1) is 24.4. The van der Waals surface area contributed by atoms with Gasteiger partial charge in [0.1, 0.15) is 0 Å². The van der Waals surface area contributed by atoms with Crippen LogP contribution in [0.2, 0.25) is 0 Å². The molecule has 0 radical (unpaired) electrons. The van der Waals surface area contributed by atoms with E-state index >= 15 is 0 Å². The monoisotopic (exact) mass is 771 g/mol. The molecule has 3 unspecified atom stereocenters. The second-order valence-corrected chi connectivity index (χ2v) is 20.8. The Morgan fingerprint density at radius 3 is 1.65 bits per heavy atom. The Balaban J connectivity index is 0.00000321. The summed E-state index contributed by atoms with van der Waals surface area (Å²) in [5.74, 6) is 9.43. The number of benzene rings is 1. The van der Waals surface area contributed by atoms with Gasteiger partial charge in [-0.2, -0.15) is 12.6 Å². The summed E-state index contributed by atoms with van der Waals surface area (Å²) in [7, 11) is -1.03. The molecule has 0 heterocycles. The summed E-state index contributed by atoms with van der Waals surface area (Å²) in [6.45, 7) is 19.5. The van der Waals surface area contributed by atoms with Crippen LogP contribution in [-0.4, -0.2) is 40.3 Å². The average Bonchev–Trinajstić information content (AvgIpc) is 3.05. The largest absolute Gasteiger partial charge is 0.397 e. The molecule has 0 bridgehead atoms. The van der Waals surface area contributed by atoms with Gasteiger partial charge >= 0.3 is 0 Å². The van der Waals surface area contributed by atoms with Gasteiger partial charge in [-0.25, -0.2) is 5.84 Å².